The van der Waals surface area contributed by atoms with Gasteiger partial charge < -0.3 is 15.1 Å². The summed E-state index contributed by atoms with van der Waals surface area (Å²) in [5.74, 6) is 0.770. The number of benzene rings is 1. The van der Waals surface area contributed by atoms with Crippen LogP contribution in [0.1, 0.15) is 58.4 Å². The van der Waals surface area contributed by atoms with Crippen LogP contribution in [0, 0.1) is 5.92 Å². The molecule has 1 aromatic carbocycles. The molecule has 2 heterocycles. The molecule has 5 heteroatoms. The van der Waals surface area contributed by atoms with Gasteiger partial charge in [0.15, 0.2) is 0 Å². The number of carbonyl (C=O) groups excluding carboxylic acids is 2. The van der Waals surface area contributed by atoms with Gasteiger partial charge in [0.25, 0.3) is 0 Å². The van der Waals surface area contributed by atoms with E-state index in [2.05, 4.69) is 55.3 Å². The van der Waals surface area contributed by atoms with Crippen LogP contribution >= 0.6 is 0 Å². The Kier molecular flexibility index (Phi) is 6.97. The quantitative estimate of drug-likeness (QED) is 0.817. The number of para-hydroxylation sites is 1. The minimum Gasteiger partial charge on any atom is -0.368 e. The van der Waals surface area contributed by atoms with E-state index in [1.165, 1.54) is 11.3 Å². The first-order valence-electron chi connectivity index (χ1n) is 10.9. The molecule has 0 bridgehead atoms. The molecule has 5 nitrogen and oxygen atoms in total. The Hall–Kier alpha value is -2.04. The zero-order chi connectivity index (χ0) is 20.1. The summed E-state index contributed by atoms with van der Waals surface area (Å²) in [5.41, 5.74) is 2.67. The second-order valence-electron chi connectivity index (χ2n) is 8.78. The standard InChI is InChI=1S/C23H35N3O2/c1-17(2)16-23(28)25-13-10-20(11-14-25)24-22(27)12-15-26-18(3)8-9-19-6-4-5-7-21(19)26/h4-7,17-18,20H,8-16H2,1-3H3,(H,24,27). The highest BCUT2D eigenvalue weighted by Crippen LogP contribution is 2.30. The normalized spacial score (nSPS) is 20.2. The van der Waals surface area contributed by atoms with Crippen molar-refractivity contribution in [1.29, 1.82) is 0 Å². The smallest absolute Gasteiger partial charge is 0.222 e. The van der Waals surface area contributed by atoms with Crippen LogP contribution in [0.3, 0.4) is 0 Å². The fraction of sp³-hybridized carbons (Fsp3) is 0.652. The van der Waals surface area contributed by atoms with Crippen molar-refractivity contribution in [2.75, 3.05) is 24.5 Å². The van der Waals surface area contributed by atoms with Crippen molar-refractivity contribution in [3.63, 3.8) is 0 Å². The molecular formula is C23H35N3O2. The third-order valence-electron chi connectivity index (χ3n) is 6.04. The molecule has 1 saturated heterocycles. The predicted octanol–water partition coefficient (Wildman–Crippen LogP) is 3.37. The molecule has 0 aromatic heterocycles. The van der Waals surface area contributed by atoms with Crippen LogP contribution in [0.5, 0.6) is 0 Å². The van der Waals surface area contributed by atoms with Gasteiger partial charge in [-0.2, -0.15) is 0 Å². The van der Waals surface area contributed by atoms with Gasteiger partial charge in [0, 0.05) is 50.2 Å². The number of hydrogen-bond acceptors (Lipinski definition) is 3. The fourth-order valence-electron chi connectivity index (χ4n) is 4.37. The Morgan fingerprint density at radius 2 is 1.86 bits per heavy atom. The molecule has 1 aromatic rings. The Labute approximate surface area is 169 Å². The molecule has 0 aliphatic carbocycles. The van der Waals surface area contributed by atoms with E-state index in [1.807, 2.05) is 4.90 Å². The van der Waals surface area contributed by atoms with E-state index >= 15 is 0 Å². The lowest BCUT2D eigenvalue weighted by Crippen LogP contribution is -2.47. The van der Waals surface area contributed by atoms with Crippen molar-refractivity contribution in [2.45, 2.75) is 71.4 Å². The number of anilines is 1. The summed E-state index contributed by atoms with van der Waals surface area (Å²) >= 11 is 0. The highest BCUT2D eigenvalue weighted by Gasteiger charge is 2.26. The average Bonchev–Trinajstić information content (AvgIpc) is 2.67. The lowest BCUT2D eigenvalue weighted by Gasteiger charge is -2.37. The Bertz CT molecular complexity index is 680. The summed E-state index contributed by atoms with van der Waals surface area (Å²) in [6.07, 6.45) is 5.12. The Morgan fingerprint density at radius 1 is 1.14 bits per heavy atom. The highest BCUT2D eigenvalue weighted by molar-refractivity contribution is 5.78. The van der Waals surface area contributed by atoms with Gasteiger partial charge in [-0.1, -0.05) is 32.0 Å². The number of nitrogens with zero attached hydrogens (tertiary/aromatic N) is 2. The van der Waals surface area contributed by atoms with Crippen molar-refractivity contribution in [3.05, 3.63) is 29.8 Å². The number of rotatable bonds is 6. The highest BCUT2D eigenvalue weighted by atomic mass is 16.2. The lowest BCUT2D eigenvalue weighted by molar-refractivity contribution is -0.133. The molecule has 1 fully saturated rings. The summed E-state index contributed by atoms with van der Waals surface area (Å²) in [7, 11) is 0. The molecule has 0 saturated carbocycles. The number of carbonyl (C=O) groups is 2. The van der Waals surface area contributed by atoms with Crippen molar-refractivity contribution < 1.29 is 9.59 Å². The molecule has 1 unspecified atom stereocenters. The summed E-state index contributed by atoms with van der Waals surface area (Å²) in [4.78, 5) is 29.0. The largest absolute Gasteiger partial charge is 0.368 e. The number of piperidine rings is 1. The number of nitrogens with one attached hydrogen (secondary N) is 1. The van der Waals surface area contributed by atoms with Gasteiger partial charge in [0.05, 0.1) is 0 Å². The maximum atomic E-state index is 12.5. The SMILES string of the molecule is CC(C)CC(=O)N1CCC(NC(=O)CCN2c3ccccc3CCC2C)CC1. The van der Waals surface area contributed by atoms with Crippen molar-refractivity contribution >= 4 is 17.5 Å². The summed E-state index contributed by atoms with van der Waals surface area (Å²) < 4.78 is 0. The average molecular weight is 386 g/mol. The molecular weight excluding hydrogens is 350 g/mol. The van der Waals surface area contributed by atoms with E-state index in [0.717, 1.165) is 45.3 Å². The van der Waals surface area contributed by atoms with E-state index in [-0.39, 0.29) is 17.9 Å². The van der Waals surface area contributed by atoms with Gasteiger partial charge in [0.2, 0.25) is 11.8 Å². The number of aryl methyl sites for hydroxylation is 1. The maximum absolute atomic E-state index is 12.5. The van der Waals surface area contributed by atoms with Crippen LogP contribution in [0.25, 0.3) is 0 Å². The molecule has 1 N–H and O–H groups in total. The molecule has 3 rings (SSSR count). The van der Waals surface area contributed by atoms with Gasteiger partial charge in [-0.25, -0.2) is 0 Å². The van der Waals surface area contributed by atoms with Crippen LogP contribution in [0.4, 0.5) is 5.69 Å². The third kappa shape index (κ3) is 5.27. The maximum Gasteiger partial charge on any atom is 0.222 e. The summed E-state index contributed by atoms with van der Waals surface area (Å²) in [5, 5.41) is 3.19. The van der Waals surface area contributed by atoms with Gasteiger partial charge in [-0.3, -0.25) is 9.59 Å². The first-order chi connectivity index (χ1) is 13.4. The van der Waals surface area contributed by atoms with Crippen molar-refractivity contribution in [1.82, 2.24) is 10.2 Å². The fourth-order valence-corrected chi connectivity index (χ4v) is 4.37. The molecule has 2 aliphatic rings. The van der Waals surface area contributed by atoms with Crippen LogP contribution in [0.15, 0.2) is 24.3 Å². The first-order valence-corrected chi connectivity index (χ1v) is 10.9. The van der Waals surface area contributed by atoms with Gasteiger partial charge in [-0.15, -0.1) is 0 Å². The molecule has 2 amide bonds. The molecule has 154 valence electrons. The summed E-state index contributed by atoms with van der Waals surface area (Å²) in [6, 6.07) is 9.21. The number of amides is 2. The van der Waals surface area contributed by atoms with Crippen molar-refractivity contribution in [3.8, 4) is 0 Å². The van der Waals surface area contributed by atoms with Gasteiger partial charge in [0.1, 0.15) is 0 Å². The zero-order valence-electron chi connectivity index (χ0n) is 17.6. The number of fused-ring (bicyclic) bond motifs is 1. The van der Waals surface area contributed by atoms with Crippen LogP contribution in [0.2, 0.25) is 0 Å². The lowest BCUT2D eigenvalue weighted by atomic mass is 9.96. The van der Waals surface area contributed by atoms with Gasteiger partial charge >= 0.3 is 0 Å². The van der Waals surface area contributed by atoms with E-state index < -0.39 is 0 Å². The van der Waals surface area contributed by atoms with Crippen LogP contribution in [-0.4, -0.2) is 48.4 Å². The minimum atomic E-state index is 0.127. The topological polar surface area (TPSA) is 52.7 Å². The van der Waals surface area contributed by atoms with Gasteiger partial charge in [-0.05, 0) is 50.2 Å². The third-order valence-corrected chi connectivity index (χ3v) is 6.04. The van der Waals surface area contributed by atoms with E-state index in [0.29, 0.717) is 24.8 Å². The van der Waals surface area contributed by atoms with Crippen LogP contribution in [-0.2, 0) is 16.0 Å². The number of hydrogen-bond donors (Lipinski definition) is 1. The zero-order valence-corrected chi connectivity index (χ0v) is 17.6. The van der Waals surface area contributed by atoms with E-state index in [1.54, 1.807) is 0 Å². The molecule has 28 heavy (non-hydrogen) atoms. The second-order valence-corrected chi connectivity index (χ2v) is 8.78. The first kappa shape index (κ1) is 20.7. The second kappa shape index (κ2) is 9.44. The molecule has 2 aliphatic heterocycles. The van der Waals surface area contributed by atoms with E-state index in [9.17, 15) is 9.59 Å². The van der Waals surface area contributed by atoms with Crippen molar-refractivity contribution in [2.24, 2.45) is 5.92 Å². The Morgan fingerprint density at radius 3 is 2.57 bits per heavy atom. The molecule has 0 radical (unpaired) electrons. The van der Waals surface area contributed by atoms with Crippen LogP contribution < -0.4 is 10.2 Å². The number of likely N-dealkylation sites (tertiary alicyclic amines) is 1. The molecule has 0 spiro atoms. The molecule has 1 atom stereocenters. The Balaban J connectivity index is 1.44. The monoisotopic (exact) mass is 385 g/mol. The summed E-state index contributed by atoms with van der Waals surface area (Å²) in [6.45, 7) is 8.67. The minimum absolute atomic E-state index is 0.127. The van der Waals surface area contributed by atoms with E-state index in [4.69, 9.17) is 0 Å². The predicted molar refractivity (Wildman–Crippen MR) is 113 cm³/mol.